The molecular formula is C16H13N3O2. The van der Waals surface area contributed by atoms with Crippen LogP contribution in [0.15, 0.2) is 54.7 Å². The van der Waals surface area contributed by atoms with Gasteiger partial charge in [0.2, 0.25) is 12.2 Å². The van der Waals surface area contributed by atoms with E-state index in [0.717, 1.165) is 0 Å². The molecule has 104 valence electrons. The van der Waals surface area contributed by atoms with Crippen LogP contribution >= 0.6 is 0 Å². The number of ketones is 1. The molecule has 0 aliphatic rings. The monoisotopic (exact) mass is 279 g/mol. The van der Waals surface area contributed by atoms with Gasteiger partial charge in [0.1, 0.15) is 5.69 Å². The molecule has 21 heavy (non-hydrogen) atoms. The molecule has 0 bridgehead atoms. The van der Waals surface area contributed by atoms with Crippen molar-refractivity contribution in [1.82, 2.24) is 4.40 Å². The molecule has 0 saturated heterocycles. The first-order valence-corrected chi connectivity index (χ1v) is 6.42. The highest BCUT2D eigenvalue weighted by Crippen LogP contribution is 2.32. The number of nitrogen functional groups attached to an aromatic ring is 1. The minimum Gasteiger partial charge on any atom is -0.395 e. The topological polar surface area (TPSA) is 76.6 Å². The number of nitrogens with one attached hydrogen (secondary N) is 1. The fraction of sp³-hybridized carbons (Fsp3) is 0. The Balaban J connectivity index is 2.25. The quantitative estimate of drug-likeness (QED) is 0.568. The Morgan fingerprint density at radius 2 is 1.81 bits per heavy atom. The zero-order chi connectivity index (χ0) is 14.8. The summed E-state index contributed by atoms with van der Waals surface area (Å²) in [4.78, 5) is 23.4. The van der Waals surface area contributed by atoms with E-state index < -0.39 is 0 Å². The molecule has 3 N–H and O–H groups in total. The second-order valence-electron chi connectivity index (χ2n) is 4.55. The molecule has 5 nitrogen and oxygen atoms in total. The van der Waals surface area contributed by atoms with Gasteiger partial charge in [-0.15, -0.1) is 0 Å². The average Bonchev–Trinajstić information content (AvgIpc) is 2.81. The van der Waals surface area contributed by atoms with E-state index in [1.54, 1.807) is 47.0 Å². The summed E-state index contributed by atoms with van der Waals surface area (Å²) in [7, 11) is 0. The van der Waals surface area contributed by atoms with Gasteiger partial charge in [-0.2, -0.15) is 0 Å². The van der Waals surface area contributed by atoms with E-state index in [1.165, 1.54) is 0 Å². The van der Waals surface area contributed by atoms with Gasteiger partial charge in [-0.25, -0.2) is 0 Å². The number of carbonyl (C=O) groups is 2. The zero-order valence-corrected chi connectivity index (χ0v) is 11.1. The molecule has 0 radical (unpaired) electrons. The largest absolute Gasteiger partial charge is 0.395 e. The predicted molar refractivity (Wildman–Crippen MR) is 81.4 cm³/mol. The number of fused-ring (bicyclic) bond motifs is 1. The van der Waals surface area contributed by atoms with Crippen molar-refractivity contribution in [3.05, 3.63) is 66.0 Å². The van der Waals surface area contributed by atoms with Crippen molar-refractivity contribution in [2.24, 2.45) is 0 Å². The standard InChI is InChI=1S/C16H13N3O2/c17-13-14(18-10-20)12-8-4-5-9-19(12)15(13)16(21)11-6-2-1-3-7-11/h1-10H,17H2,(H,18,20). The first-order valence-electron chi connectivity index (χ1n) is 6.42. The lowest BCUT2D eigenvalue weighted by Crippen LogP contribution is -2.08. The van der Waals surface area contributed by atoms with Gasteiger partial charge in [-0.1, -0.05) is 36.4 Å². The third-order valence-electron chi connectivity index (χ3n) is 3.34. The third-order valence-corrected chi connectivity index (χ3v) is 3.34. The first-order chi connectivity index (χ1) is 10.2. The Morgan fingerprint density at radius 3 is 2.52 bits per heavy atom. The number of anilines is 2. The Kier molecular flexibility index (Phi) is 3.16. The smallest absolute Gasteiger partial charge is 0.211 e. The summed E-state index contributed by atoms with van der Waals surface area (Å²) in [5.41, 5.74) is 8.37. The van der Waals surface area contributed by atoms with Crippen molar-refractivity contribution in [2.45, 2.75) is 0 Å². The van der Waals surface area contributed by atoms with E-state index in [4.69, 9.17) is 5.73 Å². The third kappa shape index (κ3) is 2.04. The molecule has 0 fully saturated rings. The van der Waals surface area contributed by atoms with Crippen LogP contribution in [0.5, 0.6) is 0 Å². The molecule has 0 aliphatic carbocycles. The van der Waals surface area contributed by atoms with E-state index in [9.17, 15) is 9.59 Å². The number of pyridine rings is 1. The first kappa shape index (κ1) is 12.9. The molecule has 3 rings (SSSR count). The fourth-order valence-corrected chi connectivity index (χ4v) is 2.40. The molecule has 5 heteroatoms. The van der Waals surface area contributed by atoms with Crippen LogP contribution in [0.3, 0.4) is 0 Å². The summed E-state index contributed by atoms with van der Waals surface area (Å²) in [6, 6.07) is 14.3. The van der Waals surface area contributed by atoms with E-state index >= 15 is 0 Å². The van der Waals surface area contributed by atoms with Gasteiger partial charge in [0.15, 0.2) is 0 Å². The highest BCUT2D eigenvalue weighted by Gasteiger charge is 2.21. The van der Waals surface area contributed by atoms with E-state index in [1.807, 2.05) is 12.1 Å². The predicted octanol–water partition coefficient (Wildman–Crippen LogP) is 2.32. The lowest BCUT2D eigenvalue weighted by Gasteiger charge is -2.03. The number of nitrogens with two attached hydrogens (primary N) is 1. The molecule has 2 heterocycles. The van der Waals surface area contributed by atoms with Crippen molar-refractivity contribution in [3.8, 4) is 0 Å². The molecule has 2 aromatic heterocycles. The SMILES string of the molecule is Nc1c(NC=O)c2ccccn2c1C(=O)c1ccccc1. The number of aromatic nitrogens is 1. The molecule has 0 unspecified atom stereocenters. The lowest BCUT2D eigenvalue weighted by molar-refractivity contribution is -0.105. The van der Waals surface area contributed by atoms with Crippen LogP contribution in [0.2, 0.25) is 0 Å². The Bertz CT molecular complexity index is 822. The summed E-state index contributed by atoms with van der Waals surface area (Å²) in [5.74, 6) is -0.187. The highest BCUT2D eigenvalue weighted by atomic mass is 16.1. The van der Waals surface area contributed by atoms with Gasteiger partial charge in [0.05, 0.1) is 16.9 Å². The van der Waals surface area contributed by atoms with Crippen molar-refractivity contribution < 1.29 is 9.59 Å². The normalized spacial score (nSPS) is 10.5. The van der Waals surface area contributed by atoms with E-state index in [0.29, 0.717) is 28.9 Å². The molecule has 0 saturated carbocycles. The number of amides is 1. The highest BCUT2D eigenvalue weighted by molar-refractivity contribution is 6.15. The minimum absolute atomic E-state index is 0.187. The number of hydrogen-bond donors (Lipinski definition) is 2. The van der Waals surface area contributed by atoms with Crippen molar-refractivity contribution in [1.29, 1.82) is 0 Å². The maximum atomic E-state index is 12.7. The van der Waals surface area contributed by atoms with Gasteiger partial charge < -0.3 is 15.5 Å². The van der Waals surface area contributed by atoms with Crippen LogP contribution in [0, 0.1) is 0 Å². The van der Waals surface area contributed by atoms with E-state index in [-0.39, 0.29) is 11.5 Å². The second-order valence-corrected chi connectivity index (χ2v) is 4.55. The summed E-state index contributed by atoms with van der Waals surface area (Å²) in [6.07, 6.45) is 2.30. The van der Waals surface area contributed by atoms with Gasteiger partial charge in [0.25, 0.3) is 0 Å². The van der Waals surface area contributed by atoms with Gasteiger partial charge in [-0.3, -0.25) is 9.59 Å². The Hall–Kier alpha value is -3.08. The fourth-order valence-electron chi connectivity index (χ4n) is 2.40. The Labute approximate surface area is 121 Å². The molecular weight excluding hydrogens is 266 g/mol. The lowest BCUT2D eigenvalue weighted by atomic mass is 10.1. The number of nitrogens with zero attached hydrogens (tertiary/aromatic N) is 1. The second kappa shape index (κ2) is 5.13. The minimum atomic E-state index is -0.187. The van der Waals surface area contributed by atoms with Crippen LogP contribution in [-0.2, 0) is 4.79 Å². The summed E-state index contributed by atoms with van der Waals surface area (Å²) < 4.78 is 1.69. The van der Waals surface area contributed by atoms with Crippen molar-refractivity contribution >= 4 is 29.1 Å². The van der Waals surface area contributed by atoms with Crippen LogP contribution in [0.25, 0.3) is 5.52 Å². The van der Waals surface area contributed by atoms with Crippen molar-refractivity contribution in [3.63, 3.8) is 0 Å². The molecule has 1 amide bonds. The molecule has 3 aromatic rings. The van der Waals surface area contributed by atoms with Crippen LogP contribution in [-0.4, -0.2) is 16.6 Å². The molecule has 0 aliphatic heterocycles. The molecule has 1 aromatic carbocycles. The number of benzene rings is 1. The van der Waals surface area contributed by atoms with Crippen LogP contribution in [0.1, 0.15) is 16.1 Å². The number of rotatable bonds is 4. The number of hydrogen-bond acceptors (Lipinski definition) is 3. The Morgan fingerprint density at radius 1 is 1.10 bits per heavy atom. The maximum absolute atomic E-state index is 12.7. The summed E-state index contributed by atoms with van der Waals surface area (Å²) >= 11 is 0. The molecule has 0 atom stereocenters. The van der Waals surface area contributed by atoms with Gasteiger partial charge >= 0.3 is 0 Å². The number of carbonyl (C=O) groups excluding carboxylic acids is 2. The summed E-state index contributed by atoms with van der Waals surface area (Å²) in [6.45, 7) is 0. The average molecular weight is 279 g/mol. The van der Waals surface area contributed by atoms with Crippen molar-refractivity contribution in [2.75, 3.05) is 11.1 Å². The molecule has 0 spiro atoms. The van der Waals surface area contributed by atoms with Crippen LogP contribution in [0.4, 0.5) is 11.4 Å². The van der Waals surface area contributed by atoms with E-state index in [2.05, 4.69) is 5.32 Å². The summed E-state index contributed by atoms with van der Waals surface area (Å²) in [5, 5.41) is 2.57. The zero-order valence-electron chi connectivity index (χ0n) is 11.1. The van der Waals surface area contributed by atoms with Gasteiger partial charge in [0, 0.05) is 11.8 Å². The van der Waals surface area contributed by atoms with Crippen LogP contribution < -0.4 is 11.1 Å². The van der Waals surface area contributed by atoms with Gasteiger partial charge in [-0.05, 0) is 12.1 Å². The maximum Gasteiger partial charge on any atom is 0.211 e.